The highest BCUT2D eigenvalue weighted by Crippen LogP contribution is 2.26. The number of benzene rings is 1. The quantitative estimate of drug-likeness (QED) is 0.716. The summed E-state index contributed by atoms with van der Waals surface area (Å²) in [6.07, 6.45) is 4.37. The zero-order valence-corrected chi connectivity index (χ0v) is 16.4. The first-order chi connectivity index (χ1) is 14.1. The molecule has 0 saturated carbocycles. The Labute approximate surface area is 170 Å². The highest BCUT2D eigenvalue weighted by molar-refractivity contribution is 5.94. The summed E-state index contributed by atoms with van der Waals surface area (Å²) in [5.74, 6) is 0.427. The fourth-order valence-electron chi connectivity index (χ4n) is 3.37. The minimum atomic E-state index is 0.0649. The highest BCUT2D eigenvalue weighted by Gasteiger charge is 2.17. The summed E-state index contributed by atoms with van der Waals surface area (Å²) in [7, 11) is 0. The third-order valence-electron chi connectivity index (χ3n) is 5.04. The number of amides is 1. The number of aromatic nitrogens is 3. The van der Waals surface area contributed by atoms with Gasteiger partial charge >= 0.3 is 0 Å². The molecule has 1 aliphatic rings. The minimum absolute atomic E-state index is 0.0649. The number of nitrogens with zero attached hydrogens (tertiary/aromatic N) is 4. The van der Waals surface area contributed by atoms with E-state index in [1.807, 2.05) is 48.2 Å². The Morgan fingerprint density at radius 3 is 2.55 bits per heavy atom. The van der Waals surface area contributed by atoms with E-state index in [0.717, 1.165) is 49.4 Å². The molecule has 7 heteroatoms. The number of hydrogen-bond donors (Lipinski definition) is 2. The second-order valence-corrected chi connectivity index (χ2v) is 7.15. The van der Waals surface area contributed by atoms with Crippen LogP contribution >= 0.6 is 0 Å². The van der Waals surface area contributed by atoms with Gasteiger partial charge in [0.1, 0.15) is 11.5 Å². The van der Waals surface area contributed by atoms with Crippen LogP contribution in [0, 0.1) is 6.92 Å². The lowest BCUT2D eigenvalue weighted by Gasteiger charge is -2.20. The Bertz CT molecular complexity index is 993. The fraction of sp³-hybridized carbons (Fsp3) is 0.273. The van der Waals surface area contributed by atoms with Crippen molar-refractivity contribution in [3.63, 3.8) is 0 Å². The van der Waals surface area contributed by atoms with Gasteiger partial charge in [-0.15, -0.1) is 0 Å². The lowest BCUT2D eigenvalue weighted by molar-refractivity contribution is 0.0766. The van der Waals surface area contributed by atoms with Crippen LogP contribution in [0.15, 0.2) is 48.8 Å². The van der Waals surface area contributed by atoms with Crippen LogP contribution in [0.5, 0.6) is 0 Å². The summed E-state index contributed by atoms with van der Waals surface area (Å²) in [4.78, 5) is 28.0. The van der Waals surface area contributed by atoms with E-state index in [4.69, 9.17) is 5.73 Å². The molecular formula is C22H24N6O. The molecule has 0 spiro atoms. The number of carbonyl (C=O) groups is 1. The molecular weight excluding hydrogens is 364 g/mol. The van der Waals surface area contributed by atoms with E-state index in [0.29, 0.717) is 22.8 Å². The zero-order valence-electron chi connectivity index (χ0n) is 16.4. The number of hydrogen-bond acceptors (Lipinski definition) is 6. The van der Waals surface area contributed by atoms with E-state index >= 15 is 0 Å². The molecule has 29 heavy (non-hydrogen) atoms. The summed E-state index contributed by atoms with van der Waals surface area (Å²) < 4.78 is 0. The van der Waals surface area contributed by atoms with E-state index in [2.05, 4.69) is 20.3 Å². The van der Waals surface area contributed by atoms with Crippen molar-refractivity contribution in [1.29, 1.82) is 0 Å². The standard InChI is InChI=1S/C22H24N6O/c1-15-3-4-18(13-25-15)20-21(23)26-14-19(27-20)16-5-7-17(8-6-16)22(29)28-11-2-9-24-10-12-28/h3-8,13-14,24H,2,9-12H2,1H3,(H2,23,26). The predicted molar refractivity (Wildman–Crippen MR) is 113 cm³/mol. The van der Waals surface area contributed by atoms with Gasteiger partial charge in [-0.1, -0.05) is 12.1 Å². The zero-order chi connectivity index (χ0) is 20.2. The molecule has 0 radical (unpaired) electrons. The number of nitrogens with one attached hydrogen (secondary N) is 1. The van der Waals surface area contributed by atoms with Gasteiger partial charge < -0.3 is 16.0 Å². The van der Waals surface area contributed by atoms with Crippen molar-refractivity contribution < 1.29 is 4.79 Å². The minimum Gasteiger partial charge on any atom is -0.382 e. The van der Waals surface area contributed by atoms with Crippen LogP contribution in [-0.2, 0) is 0 Å². The second kappa shape index (κ2) is 8.36. The molecule has 1 saturated heterocycles. The average molecular weight is 388 g/mol. The summed E-state index contributed by atoms with van der Waals surface area (Å²) in [5.41, 5.74) is 10.7. The first kappa shape index (κ1) is 19.0. The maximum absolute atomic E-state index is 12.8. The molecule has 1 amide bonds. The molecule has 1 aromatic carbocycles. The maximum atomic E-state index is 12.8. The van der Waals surface area contributed by atoms with Crippen LogP contribution in [-0.4, -0.2) is 51.9 Å². The molecule has 1 fully saturated rings. The molecule has 2 aromatic heterocycles. The predicted octanol–water partition coefficient (Wildman–Crippen LogP) is 2.53. The summed E-state index contributed by atoms with van der Waals surface area (Å²) in [6.45, 7) is 5.24. The summed E-state index contributed by atoms with van der Waals surface area (Å²) in [5, 5.41) is 3.32. The number of nitrogens with two attached hydrogens (primary N) is 1. The van der Waals surface area contributed by atoms with Gasteiger partial charge in [0, 0.05) is 48.2 Å². The van der Waals surface area contributed by atoms with Gasteiger partial charge in [-0.3, -0.25) is 9.78 Å². The Morgan fingerprint density at radius 1 is 1.00 bits per heavy atom. The Hall–Kier alpha value is -3.32. The molecule has 3 aromatic rings. The van der Waals surface area contributed by atoms with Crippen molar-refractivity contribution in [2.24, 2.45) is 0 Å². The third-order valence-corrected chi connectivity index (χ3v) is 5.04. The maximum Gasteiger partial charge on any atom is 0.253 e. The smallest absolute Gasteiger partial charge is 0.253 e. The Kier molecular flexibility index (Phi) is 5.48. The van der Waals surface area contributed by atoms with E-state index in [1.54, 1.807) is 12.4 Å². The molecule has 0 atom stereocenters. The van der Waals surface area contributed by atoms with Crippen molar-refractivity contribution in [1.82, 2.24) is 25.2 Å². The van der Waals surface area contributed by atoms with Gasteiger partial charge in [0.05, 0.1) is 11.9 Å². The molecule has 148 valence electrons. The van der Waals surface area contributed by atoms with Crippen molar-refractivity contribution in [2.45, 2.75) is 13.3 Å². The Balaban J connectivity index is 1.58. The van der Waals surface area contributed by atoms with Crippen LogP contribution < -0.4 is 11.1 Å². The highest BCUT2D eigenvalue weighted by atomic mass is 16.2. The van der Waals surface area contributed by atoms with Crippen molar-refractivity contribution >= 4 is 11.7 Å². The molecule has 1 aliphatic heterocycles. The number of nitrogen functional groups attached to an aromatic ring is 1. The Morgan fingerprint density at radius 2 is 1.79 bits per heavy atom. The molecule has 3 heterocycles. The van der Waals surface area contributed by atoms with E-state index in [-0.39, 0.29) is 5.91 Å². The molecule has 0 aliphatic carbocycles. The van der Waals surface area contributed by atoms with E-state index in [1.165, 1.54) is 0 Å². The SMILES string of the molecule is Cc1ccc(-c2nc(-c3ccc(C(=O)N4CCCNCC4)cc3)cnc2N)cn1. The largest absolute Gasteiger partial charge is 0.382 e. The van der Waals surface area contributed by atoms with Crippen LogP contribution in [0.1, 0.15) is 22.5 Å². The van der Waals surface area contributed by atoms with Gasteiger partial charge in [-0.05, 0) is 44.2 Å². The molecule has 0 unspecified atom stereocenters. The number of pyridine rings is 1. The number of aryl methyl sites for hydroxylation is 1. The van der Waals surface area contributed by atoms with Gasteiger partial charge in [-0.25, -0.2) is 9.97 Å². The first-order valence-corrected chi connectivity index (χ1v) is 9.78. The van der Waals surface area contributed by atoms with Crippen LogP contribution in [0.3, 0.4) is 0 Å². The molecule has 0 bridgehead atoms. The lowest BCUT2D eigenvalue weighted by atomic mass is 10.1. The van der Waals surface area contributed by atoms with Crippen molar-refractivity contribution in [2.75, 3.05) is 31.9 Å². The fourth-order valence-corrected chi connectivity index (χ4v) is 3.37. The molecule has 4 rings (SSSR count). The lowest BCUT2D eigenvalue weighted by Crippen LogP contribution is -2.34. The number of carbonyl (C=O) groups excluding carboxylic acids is 1. The van der Waals surface area contributed by atoms with Gasteiger partial charge in [0.2, 0.25) is 0 Å². The van der Waals surface area contributed by atoms with Gasteiger partial charge in [0.25, 0.3) is 5.91 Å². The normalized spacial score (nSPS) is 14.4. The third kappa shape index (κ3) is 4.25. The topological polar surface area (TPSA) is 97.0 Å². The second-order valence-electron chi connectivity index (χ2n) is 7.15. The number of rotatable bonds is 3. The number of anilines is 1. The van der Waals surface area contributed by atoms with Crippen LogP contribution in [0.4, 0.5) is 5.82 Å². The van der Waals surface area contributed by atoms with Crippen LogP contribution in [0.25, 0.3) is 22.5 Å². The van der Waals surface area contributed by atoms with Gasteiger partial charge in [-0.2, -0.15) is 0 Å². The van der Waals surface area contributed by atoms with E-state index in [9.17, 15) is 4.79 Å². The monoisotopic (exact) mass is 388 g/mol. The first-order valence-electron chi connectivity index (χ1n) is 9.78. The van der Waals surface area contributed by atoms with Crippen molar-refractivity contribution in [3.05, 3.63) is 60.0 Å². The van der Waals surface area contributed by atoms with Crippen LogP contribution in [0.2, 0.25) is 0 Å². The molecule has 3 N–H and O–H groups in total. The van der Waals surface area contributed by atoms with E-state index < -0.39 is 0 Å². The summed E-state index contributed by atoms with van der Waals surface area (Å²) in [6, 6.07) is 11.4. The summed E-state index contributed by atoms with van der Waals surface area (Å²) >= 11 is 0. The average Bonchev–Trinajstić information content (AvgIpc) is 3.04. The molecule has 7 nitrogen and oxygen atoms in total. The van der Waals surface area contributed by atoms with Crippen molar-refractivity contribution in [3.8, 4) is 22.5 Å². The van der Waals surface area contributed by atoms with Gasteiger partial charge in [0.15, 0.2) is 0 Å².